The zero-order chi connectivity index (χ0) is 16.4. The van der Waals surface area contributed by atoms with E-state index in [0.29, 0.717) is 0 Å². The van der Waals surface area contributed by atoms with Gasteiger partial charge in [0.15, 0.2) is 0 Å². The molecule has 23 heavy (non-hydrogen) atoms. The molecule has 0 aromatic heterocycles. The molecular weight excluding hydrogens is 295 g/mol. The Labute approximate surface area is 142 Å². The fourth-order valence-electron chi connectivity index (χ4n) is 4.32. The SMILES string of the molecule is CCC(C)[P+]1(C(C)CC)Cc2ccccc2-c2ccccc2C1. The fraction of sp³-hybridized carbons (Fsp3) is 0.455. The topological polar surface area (TPSA) is 0 Å². The van der Waals surface area contributed by atoms with Gasteiger partial charge >= 0.3 is 0 Å². The summed E-state index contributed by atoms with van der Waals surface area (Å²) >= 11 is 0. The summed E-state index contributed by atoms with van der Waals surface area (Å²) in [6, 6.07) is 18.3. The minimum Gasteiger partial charge on any atom is -0.0618 e. The molecule has 2 atom stereocenters. The molecule has 2 unspecified atom stereocenters. The van der Waals surface area contributed by atoms with Gasteiger partial charge in [-0.25, -0.2) is 0 Å². The summed E-state index contributed by atoms with van der Waals surface area (Å²) in [4.78, 5) is 0. The predicted octanol–water partition coefficient (Wildman–Crippen LogP) is 6.98. The van der Waals surface area contributed by atoms with Crippen LogP contribution in [0.3, 0.4) is 0 Å². The fourth-order valence-corrected chi connectivity index (χ4v) is 9.82. The number of rotatable bonds is 4. The van der Waals surface area contributed by atoms with E-state index in [9.17, 15) is 0 Å². The van der Waals surface area contributed by atoms with Gasteiger partial charge in [-0.05, 0) is 48.9 Å². The second-order valence-corrected chi connectivity index (χ2v) is 11.8. The van der Waals surface area contributed by atoms with Gasteiger partial charge in [0.25, 0.3) is 0 Å². The highest BCUT2D eigenvalue weighted by Gasteiger charge is 2.48. The van der Waals surface area contributed by atoms with Crippen molar-refractivity contribution in [1.82, 2.24) is 0 Å². The van der Waals surface area contributed by atoms with Crippen LogP contribution >= 0.6 is 7.26 Å². The van der Waals surface area contributed by atoms with Crippen molar-refractivity contribution in [2.24, 2.45) is 0 Å². The van der Waals surface area contributed by atoms with Gasteiger partial charge in [-0.2, -0.15) is 0 Å². The van der Waals surface area contributed by atoms with Crippen LogP contribution in [0.25, 0.3) is 11.1 Å². The zero-order valence-corrected chi connectivity index (χ0v) is 15.9. The minimum atomic E-state index is -1.08. The minimum absolute atomic E-state index is 0.844. The molecule has 0 bridgehead atoms. The molecule has 0 saturated carbocycles. The van der Waals surface area contributed by atoms with Crippen LogP contribution in [0.2, 0.25) is 0 Å². The van der Waals surface area contributed by atoms with Crippen molar-refractivity contribution < 1.29 is 0 Å². The number of hydrogen-bond donors (Lipinski definition) is 0. The van der Waals surface area contributed by atoms with Gasteiger partial charge in [-0.1, -0.05) is 62.4 Å². The molecule has 122 valence electrons. The maximum absolute atomic E-state index is 2.52. The van der Waals surface area contributed by atoms with Crippen molar-refractivity contribution in [3.05, 3.63) is 59.7 Å². The van der Waals surface area contributed by atoms with Crippen molar-refractivity contribution in [3.63, 3.8) is 0 Å². The molecule has 2 aromatic carbocycles. The van der Waals surface area contributed by atoms with Crippen molar-refractivity contribution in [3.8, 4) is 11.1 Å². The van der Waals surface area contributed by atoms with Crippen LogP contribution in [-0.4, -0.2) is 11.3 Å². The van der Waals surface area contributed by atoms with Crippen LogP contribution in [0.4, 0.5) is 0 Å². The zero-order valence-electron chi connectivity index (χ0n) is 15.0. The monoisotopic (exact) mass is 325 g/mol. The molecule has 0 saturated heterocycles. The maximum atomic E-state index is 2.52. The molecule has 0 aliphatic carbocycles. The Morgan fingerprint density at radius 3 is 1.52 bits per heavy atom. The Bertz CT molecular complexity index is 614. The maximum Gasteiger partial charge on any atom is 0.0857 e. The molecule has 3 rings (SSSR count). The summed E-state index contributed by atoms with van der Waals surface area (Å²) in [6.45, 7) is 9.82. The highest BCUT2D eigenvalue weighted by molar-refractivity contribution is 7.75. The first-order valence-electron chi connectivity index (χ1n) is 9.15. The normalized spacial score (nSPS) is 18.4. The van der Waals surface area contributed by atoms with Crippen molar-refractivity contribution in [1.29, 1.82) is 0 Å². The Balaban J connectivity index is 2.23. The summed E-state index contributed by atoms with van der Waals surface area (Å²) in [5.74, 6) is 0. The molecule has 0 N–H and O–H groups in total. The lowest BCUT2D eigenvalue weighted by molar-refractivity contribution is 0.802. The second kappa shape index (κ2) is 6.78. The summed E-state index contributed by atoms with van der Waals surface area (Å²) < 4.78 is 0. The molecule has 1 heteroatoms. The van der Waals surface area contributed by atoms with Crippen LogP contribution in [0.1, 0.15) is 51.7 Å². The van der Waals surface area contributed by atoms with Gasteiger partial charge in [0.2, 0.25) is 0 Å². The third kappa shape index (κ3) is 2.87. The highest BCUT2D eigenvalue weighted by Crippen LogP contribution is 2.74. The van der Waals surface area contributed by atoms with Gasteiger partial charge in [0.05, 0.1) is 23.6 Å². The first kappa shape index (κ1) is 16.7. The Kier molecular flexibility index (Phi) is 4.93. The molecule has 0 amide bonds. The molecule has 0 nitrogen and oxygen atoms in total. The summed E-state index contributed by atoms with van der Waals surface area (Å²) in [6.07, 6.45) is 5.26. The van der Waals surface area contributed by atoms with Crippen LogP contribution in [0, 0.1) is 0 Å². The van der Waals surface area contributed by atoms with E-state index in [2.05, 4.69) is 76.2 Å². The summed E-state index contributed by atoms with van der Waals surface area (Å²) in [5.41, 5.74) is 7.83. The molecule has 0 spiro atoms. The average Bonchev–Trinajstić information content (AvgIpc) is 2.75. The van der Waals surface area contributed by atoms with E-state index >= 15 is 0 Å². The molecular formula is C22H30P+. The van der Waals surface area contributed by atoms with Gasteiger partial charge < -0.3 is 0 Å². The number of hydrogen-bond acceptors (Lipinski definition) is 0. The smallest absolute Gasteiger partial charge is 0.0618 e. The van der Waals surface area contributed by atoms with Gasteiger partial charge in [0.1, 0.15) is 0 Å². The van der Waals surface area contributed by atoms with Crippen molar-refractivity contribution in [2.45, 2.75) is 64.2 Å². The van der Waals surface area contributed by atoms with Gasteiger partial charge in [0, 0.05) is 7.26 Å². The first-order valence-corrected chi connectivity index (χ1v) is 11.4. The van der Waals surface area contributed by atoms with Crippen LogP contribution < -0.4 is 0 Å². The second-order valence-electron chi connectivity index (χ2n) is 7.25. The number of benzene rings is 2. The van der Waals surface area contributed by atoms with E-state index in [1.54, 1.807) is 11.1 Å². The largest absolute Gasteiger partial charge is 0.0857 e. The van der Waals surface area contributed by atoms with E-state index in [1.165, 1.54) is 36.3 Å². The predicted molar refractivity (Wildman–Crippen MR) is 106 cm³/mol. The molecule has 0 fully saturated rings. The van der Waals surface area contributed by atoms with Gasteiger partial charge in [-0.15, -0.1) is 0 Å². The van der Waals surface area contributed by atoms with Crippen molar-refractivity contribution >= 4 is 7.26 Å². The third-order valence-corrected chi connectivity index (χ3v) is 12.3. The Hall–Kier alpha value is -1.13. The van der Waals surface area contributed by atoms with Crippen LogP contribution in [0.15, 0.2) is 48.5 Å². The van der Waals surface area contributed by atoms with E-state index in [0.717, 1.165) is 11.3 Å². The van der Waals surface area contributed by atoms with E-state index in [1.807, 2.05) is 0 Å². The summed E-state index contributed by atoms with van der Waals surface area (Å²) in [5, 5.41) is 0. The molecule has 1 aliphatic rings. The first-order chi connectivity index (χ1) is 11.1. The summed E-state index contributed by atoms with van der Waals surface area (Å²) in [7, 11) is -1.08. The molecule has 1 heterocycles. The quantitative estimate of drug-likeness (QED) is 0.532. The van der Waals surface area contributed by atoms with E-state index in [4.69, 9.17) is 0 Å². The van der Waals surface area contributed by atoms with Crippen molar-refractivity contribution in [2.75, 3.05) is 0 Å². The average molecular weight is 325 g/mol. The lowest BCUT2D eigenvalue weighted by Gasteiger charge is -2.37. The lowest BCUT2D eigenvalue weighted by atomic mass is 9.97. The molecule has 0 radical (unpaired) electrons. The molecule has 2 aromatic rings. The highest BCUT2D eigenvalue weighted by atomic mass is 31.2. The Morgan fingerprint density at radius 1 is 0.739 bits per heavy atom. The molecule has 1 aliphatic heterocycles. The number of fused-ring (bicyclic) bond motifs is 3. The van der Waals surface area contributed by atoms with E-state index in [-0.39, 0.29) is 0 Å². The third-order valence-electron chi connectivity index (χ3n) is 6.19. The lowest BCUT2D eigenvalue weighted by Crippen LogP contribution is -2.22. The Morgan fingerprint density at radius 2 is 1.13 bits per heavy atom. The van der Waals surface area contributed by atoms with Crippen LogP contribution in [0.5, 0.6) is 0 Å². The van der Waals surface area contributed by atoms with Gasteiger partial charge in [-0.3, -0.25) is 0 Å². The van der Waals surface area contributed by atoms with E-state index < -0.39 is 7.26 Å². The van der Waals surface area contributed by atoms with Crippen LogP contribution in [-0.2, 0) is 12.3 Å². The standard InChI is InChI=1S/C22H30P/c1-5-17(3)23(18(4)6-2)15-19-11-7-9-13-21(19)22-14-10-8-12-20(22)16-23/h7-14,17-18H,5-6,15-16H2,1-4H3/q+1.